The number of carbonyl (C=O) groups is 1. The van der Waals surface area contributed by atoms with Crippen LogP contribution in [0.3, 0.4) is 0 Å². The van der Waals surface area contributed by atoms with Gasteiger partial charge in [0.1, 0.15) is 0 Å². The number of ketones is 1. The Bertz CT molecular complexity index is 774. The molecule has 0 saturated heterocycles. The van der Waals surface area contributed by atoms with Crippen LogP contribution in [0.2, 0.25) is 0 Å². The number of rotatable bonds is 2. The second kappa shape index (κ2) is 4.97. The van der Waals surface area contributed by atoms with Crippen molar-refractivity contribution < 1.29 is 4.79 Å². The smallest absolute Gasteiger partial charge is 0.166 e. The van der Waals surface area contributed by atoms with Gasteiger partial charge in [-0.05, 0) is 30.0 Å². The highest BCUT2D eigenvalue weighted by molar-refractivity contribution is 7.10. The summed E-state index contributed by atoms with van der Waals surface area (Å²) in [5, 5.41) is 6.51. The predicted molar refractivity (Wildman–Crippen MR) is 83.3 cm³/mol. The van der Waals surface area contributed by atoms with Gasteiger partial charge in [-0.15, -0.1) is 11.3 Å². The third kappa shape index (κ3) is 2.12. The van der Waals surface area contributed by atoms with Crippen LogP contribution in [0.1, 0.15) is 33.3 Å². The average molecular weight is 294 g/mol. The summed E-state index contributed by atoms with van der Waals surface area (Å²) in [5.41, 5.74) is 2.83. The maximum Gasteiger partial charge on any atom is 0.166 e. The molecular weight excluding hydrogens is 280 g/mol. The summed E-state index contributed by atoms with van der Waals surface area (Å²) in [4.78, 5) is 13.7. The summed E-state index contributed by atoms with van der Waals surface area (Å²) in [7, 11) is 0. The van der Waals surface area contributed by atoms with Crippen molar-refractivity contribution >= 4 is 17.1 Å². The quantitative estimate of drug-likeness (QED) is 0.719. The van der Waals surface area contributed by atoms with Gasteiger partial charge in [-0.1, -0.05) is 24.3 Å². The van der Waals surface area contributed by atoms with Gasteiger partial charge in [-0.3, -0.25) is 4.79 Å². The van der Waals surface area contributed by atoms with Crippen LogP contribution in [0.4, 0.5) is 0 Å². The first-order valence-corrected chi connectivity index (χ1v) is 7.90. The van der Waals surface area contributed by atoms with Crippen molar-refractivity contribution in [1.29, 1.82) is 0 Å². The van der Waals surface area contributed by atoms with Gasteiger partial charge in [0, 0.05) is 17.2 Å². The Morgan fingerprint density at radius 3 is 2.71 bits per heavy atom. The van der Waals surface area contributed by atoms with Crippen molar-refractivity contribution in [2.24, 2.45) is 0 Å². The fourth-order valence-corrected chi connectivity index (χ4v) is 3.79. The fourth-order valence-electron chi connectivity index (χ4n) is 2.96. The molecule has 0 fully saturated rings. The monoisotopic (exact) mass is 294 g/mol. The minimum atomic E-state index is 0.205. The molecule has 1 aromatic carbocycles. The van der Waals surface area contributed by atoms with Crippen LogP contribution in [-0.2, 0) is 6.42 Å². The molecular formula is C17H14N2OS. The molecule has 1 aliphatic carbocycles. The molecule has 0 radical (unpaired) electrons. The Hall–Kier alpha value is -2.20. The molecule has 0 aliphatic heterocycles. The topological polar surface area (TPSA) is 34.9 Å². The van der Waals surface area contributed by atoms with Crippen LogP contribution in [0.5, 0.6) is 0 Å². The molecule has 2 aromatic heterocycles. The van der Waals surface area contributed by atoms with Crippen LogP contribution in [0, 0.1) is 0 Å². The van der Waals surface area contributed by atoms with Crippen LogP contribution >= 0.6 is 11.3 Å². The Morgan fingerprint density at radius 2 is 1.95 bits per heavy atom. The van der Waals surface area contributed by atoms with E-state index in [0.29, 0.717) is 6.42 Å². The summed E-state index contributed by atoms with van der Waals surface area (Å²) in [5.74, 6) is 0.487. The molecule has 0 amide bonds. The second-order valence-electron chi connectivity index (χ2n) is 5.30. The number of thiophene rings is 1. The molecule has 1 aliphatic rings. The summed E-state index contributed by atoms with van der Waals surface area (Å²) in [6.45, 7) is 0. The van der Waals surface area contributed by atoms with Crippen molar-refractivity contribution in [2.45, 2.75) is 18.8 Å². The molecule has 0 bridgehead atoms. The van der Waals surface area contributed by atoms with Crippen molar-refractivity contribution in [3.63, 3.8) is 0 Å². The van der Waals surface area contributed by atoms with Crippen LogP contribution in [0.25, 0.3) is 5.69 Å². The molecule has 1 atom stereocenters. The number of Topliss-reactive ketones (excluding diaryl/α,β-unsaturated/α-hetero) is 1. The molecule has 4 rings (SSSR count). The van der Waals surface area contributed by atoms with E-state index in [1.165, 1.54) is 4.88 Å². The van der Waals surface area contributed by atoms with E-state index in [-0.39, 0.29) is 11.7 Å². The Kier molecular flexibility index (Phi) is 2.97. The van der Waals surface area contributed by atoms with E-state index in [0.717, 1.165) is 23.4 Å². The number of fused-ring (bicyclic) bond motifs is 1. The normalized spacial score (nSPS) is 17.7. The van der Waals surface area contributed by atoms with Crippen molar-refractivity contribution in [3.05, 3.63) is 70.2 Å². The molecule has 0 spiro atoms. The van der Waals surface area contributed by atoms with E-state index in [1.807, 2.05) is 35.0 Å². The molecule has 3 nitrogen and oxygen atoms in total. The van der Waals surface area contributed by atoms with Gasteiger partial charge >= 0.3 is 0 Å². The van der Waals surface area contributed by atoms with E-state index in [1.54, 1.807) is 17.5 Å². The van der Waals surface area contributed by atoms with Crippen molar-refractivity contribution in [3.8, 4) is 5.69 Å². The van der Waals surface area contributed by atoms with E-state index >= 15 is 0 Å². The zero-order chi connectivity index (χ0) is 14.2. The average Bonchev–Trinajstić information content (AvgIpc) is 3.18. The van der Waals surface area contributed by atoms with Crippen LogP contribution < -0.4 is 0 Å². The summed E-state index contributed by atoms with van der Waals surface area (Å²) < 4.78 is 1.91. The minimum absolute atomic E-state index is 0.205. The van der Waals surface area contributed by atoms with E-state index in [4.69, 9.17) is 0 Å². The third-order valence-electron chi connectivity index (χ3n) is 3.99. The van der Waals surface area contributed by atoms with E-state index < -0.39 is 0 Å². The molecule has 21 heavy (non-hydrogen) atoms. The maximum absolute atomic E-state index is 12.4. The highest BCUT2D eigenvalue weighted by atomic mass is 32.1. The molecule has 0 N–H and O–H groups in total. The molecule has 104 valence electrons. The van der Waals surface area contributed by atoms with Crippen molar-refractivity contribution in [2.75, 3.05) is 0 Å². The minimum Gasteiger partial charge on any atom is -0.294 e. The lowest BCUT2D eigenvalue weighted by Gasteiger charge is -2.21. The van der Waals surface area contributed by atoms with E-state index in [2.05, 4.69) is 22.6 Å². The van der Waals surface area contributed by atoms with Crippen molar-refractivity contribution in [1.82, 2.24) is 9.78 Å². The molecule has 0 unspecified atom stereocenters. The number of hydrogen-bond acceptors (Lipinski definition) is 3. The number of para-hydroxylation sites is 1. The van der Waals surface area contributed by atoms with Gasteiger partial charge in [0.15, 0.2) is 5.78 Å². The van der Waals surface area contributed by atoms with Gasteiger partial charge in [-0.2, -0.15) is 5.10 Å². The zero-order valence-corrected chi connectivity index (χ0v) is 12.2. The Balaban J connectivity index is 1.78. The number of benzene rings is 1. The van der Waals surface area contributed by atoms with Gasteiger partial charge in [0.2, 0.25) is 0 Å². The second-order valence-corrected chi connectivity index (χ2v) is 6.28. The SMILES string of the molecule is O=C1C[C@H](c2cccs2)Cc2c1cnn2-c1ccccc1. The molecule has 2 heterocycles. The van der Waals surface area contributed by atoms with Gasteiger partial charge < -0.3 is 0 Å². The molecule has 3 aromatic rings. The third-order valence-corrected chi connectivity index (χ3v) is 5.02. The first kappa shape index (κ1) is 12.5. The Morgan fingerprint density at radius 1 is 1.10 bits per heavy atom. The zero-order valence-electron chi connectivity index (χ0n) is 11.4. The van der Waals surface area contributed by atoms with E-state index in [9.17, 15) is 4.79 Å². The Labute approximate surface area is 126 Å². The largest absolute Gasteiger partial charge is 0.294 e. The predicted octanol–water partition coefficient (Wildman–Crippen LogP) is 3.85. The summed E-state index contributed by atoms with van der Waals surface area (Å²) in [6, 6.07) is 14.2. The van der Waals surface area contributed by atoms with Crippen LogP contribution in [0.15, 0.2) is 54.0 Å². The summed E-state index contributed by atoms with van der Waals surface area (Å²) >= 11 is 1.73. The lowest BCUT2D eigenvalue weighted by molar-refractivity contribution is 0.0964. The highest BCUT2D eigenvalue weighted by Gasteiger charge is 2.30. The fraction of sp³-hybridized carbons (Fsp3) is 0.176. The summed E-state index contributed by atoms with van der Waals surface area (Å²) in [6.07, 6.45) is 3.18. The van der Waals surface area contributed by atoms with Gasteiger partial charge in [0.25, 0.3) is 0 Å². The van der Waals surface area contributed by atoms with Gasteiger partial charge in [-0.25, -0.2) is 4.68 Å². The number of hydrogen-bond donors (Lipinski definition) is 0. The first-order chi connectivity index (χ1) is 10.3. The van der Waals surface area contributed by atoms with Crippen LogP contribution in [-0.4, -0.2) is 15.6 Å². The standard InChI is InChI=1S/C17H14N2OS/c20-16-10-12(17-7-4-8-21-17)9-15-14(16)11-18-19(15)13-5-2-1-3-6-13/h1-8,11-12H,9-10H2/t12-/m1/s1. The highest BCUT2D eigenvalue weighted by Crippen LogP contribution is 2.35. The van der Waals surface area contributed by atoms with Gasteiger partial charge in [0.05, 0.1) is 23.1 Å². The molecule has 4 heteroatoms. The number of nitrogens with zero attached hydrogens (tertiary/aromatic N) is 2. The number of carbonyl (C=O) groups excluding carboxylic acids is 1. The lowest BCUT2D eigenvalue weighted by atomic mass is 9.86. The number of aromatic nitrogens is 2. The maximum atomic E-state index is 12.4. The lowest BCUT2D eigenvalue weighted by Crippen LogP contribution is -2.19. The molecule has 0 saturated carbocycles. The first-order valence-electron chi connectivity index (χ1n) is 7.02.